The largest absolute Gasteiger partial charge is 0.573 e. The number of halogens is 4. The fourth-order valence-corrected chi connectivity index (χ4v) is 2.10. The summed E-state index contributed by atoms with van der Waals surface area (Å²) >= 11 is 3.17. The van der Waals surface area contributed by atoms with Gasteiger partial charge in [-0.05, 0) is 39.7 Å². The summed E-state index contributed by atoms with van der Waals surface area (Å²) in [5.41, 5.74) is 7.10. The summed E-state index contributed by atoms with van der Waals surface area (Å²) < 4.78 is 45.7. The van der Waals surface area contributed by atoms with Gasteiger partial charge in [-0.15, -0.1) is 13.2 Å². The van der Waals surface area contributed by atoms with Crippen LogP contribution < -0.4 is 10.5 Å². The minimum Gasteiger partial charge on any atom is -0.457 e. The molecule has 0 spiro atoms. The Morgan fingerprint density at radius 3 is 2.58 bits per heavy atom. The molecule has 0 saturated carbocycles. The highest BCUT2D eigenvalue weighted by Gasteiger charge is 2.31. The molecule has 1 atom stereocenters. The van der Waals surface area contributed by atoms with Gasteiger partial charge in [-0.2, -0.15) is 0 Å². The van der Waals surface area contributed by atoms with Crippen molar-refractivity contribution >= 4 is 15.9 Å². The third-order valence-corrected chi connectivity index (χ3v) is 3.08. The van der Waals surface area contributed by atoms with E-state index in [0.717, 1.165) is 0 Å². The van der Waals surface area contributed by atoms with Crippen molar-refractivity contribution in [2.24, 2.45) is 5.73 Å². The molecule has 0 aliphatic rings. The molecule has 1 aromatic heterocycles. The van der Waals surface area contributed by atoms with E-state index in [9.17, 15) is 13.2 Å². The number of hydrogen-bond acceptors (Lipinski definition) is 3. The first kappa shape index (κ1) is 14.0. The Morgan fingerprint density at radius 2 is 2.00 bits per heavy atom. The highest BCUT2D eigenvalue weighted by Crippen LogP contribution is 2.30. The molecule has 1 unspecified atom stereocenters. The van der Waals surface area contributed by atoms with Crippen LogP contribution in [0.5, 0.6) is 5.75 Å². The van der Waals surface area contributed by atoms with E-state index in [0.29, 0.717) is 15.8 Å². The number of nitrogens with two attached hydrogens (primary N) is 1. The Morgan fingerprint density at radius 1 is 1.26 bits per heavy atom. The zero-order valence-corrected chi connectivity index (χ0v) is 11.0. The van der Waals surface area contributed by atoms with Gasteiger partial charge in [-0.1, -0.05) is 12.1 Å². The summed E-state index contributed by atoms with van der Waals surface area (Å²) in [6, 6.07) is 6.57. The Bertz CT molecular complexity index is 568. The van der Waals surface area contributed by atoms with Gasteiger partial charge in [0.1, 0.15) is 5.75 Å². The van der Waals surface area contributed by atoms with Crippen LogP contribution in [0.15, 0.2) is 45.7 Å². The molecule has 3 nitrogen and oxygen atoms in total. The molecule has 0 amide bonds. The molecule has 19 heavy (non-hydrogen) atoms. The van der Waals surface area contributed by atoms with Crippen molar-refractivity contribution < 1.29 is 22.3 Å². The monoisotopic (exact) mass is 335 g/mol. The average molecular weight is 336 g/mol. The first-order valence-electron chi connectivity index (χ1n) is 5.21. The lowest BCUT2D eigenvalue weighted by atomic mass is 10.0. The fourth-order valence-electron chi connectivity index (χ4n) is 1.61. The standard InChI is InChI=1S/C12H9BrF3NO2/c13-11-9(4-5-18-11)10(17)7-2-1-3-8(6-7)19-12(14,15)16/h1-6,10H,17H2. The van der Waals surface area contributed by atoms with Crippen LogP contribution in [0, 0.1) is 0 Å². The zero-order chi connectivity index (χ0) is 14.0. The normalized spacial score (nSPS) is 13.3. The van der Waals surface area contributed by atoms with Crippen molar-refractivity contribution in [2.45, 2.75) is 12.4 Å². The topological polar surface area (TPSA) is 48.4 Å². The number of rotatable bonds is 3. The summed E-state index contributed by atoms with van der Waals surface area (Å²) in [6.07, 6.45) is -3.28. The number of ether oxygens (including phenoxy) is 1. The molecule has 1 heterocycles. The molecule has 1 aromatic carbocycles. The van der Waals surface area contributed by atoms with Crippen molar-refractivity contribution in [1.82, 2.24) is 0 Å². The van der Waals surface area contributed by atoms with Crippen LogP contribution in [0.4, 0.5) is 13.2 Å². The molecule has 0 radical (unpaired) electrons. The zero-order valence-electron chi connectivity index (χ0n) is 9.45. The highest BCUT2D eigenvalue weighted by molar-refractivity contribution is 9.10. The maximum absolute atomic E-state index is 12.1. The Kier molecular flexibility index (Phi) is 3.86. The van der Waals surface area contributed by atoms with E-state index in [2.05, 4.69) is 20.7 Å². The molecule has 0 aliphatic carbocycles. The second kappa shape index (κ2) is 5.26. The third-order valence-electron chi connectivity index (χ3n) is 2.43. The molecule has 7 heteroatoms. The maximum Gasteiger partial charge on any atom is 0.573 e. The van der Waals surface area contributed by atoms with Crippen LogP contribution in [0.25, 0.3) is 0 Å². The summed E-state index contributed by atoms with van der Waals surface area (Å²) in [5, 5.41) is 0. The van der Waals surface area contributed by atoms with Crippen molar-refractivity contribution in [3.8, 4) is 5.75 Å². The summed E-state index contributed by atoms with van der Waals surface area (Å²) in [6.45, 7) is 0. The first-order valence-corrected chi connectivity index (χ1v) is 6.00. The van der Waals surface area contributed by atoms with Crippen LogP contribution in [0.3, 0.4) is 0 Å². The smallest absolute Gasteiger partial charge is 0.457 e. The summed E-state index contributed by atoms with van der Waals surface area (Å²) in [4.78, 5) is 0. The SMILES string of the molecule is NC(c1cccc(OC(F)(F)F)c1)c1ccoc1Br. The van der Waals surface area contributed by atoms with E-state index in [1.54, 1.807) is 12.1 Å². The van der Waals surface area contributed by atoms with E-state index in [1.807, 2.05) is 0 Å². The van der Waals surface area contributed by atoms with Crippen LogP contribution in [-0.2, 0) is 0 Å². The number of furan rings is 1. The quantitative estimate of drug-likeness (QED) is 0.922. The molecule has 0 saturated heterocycles. The Balaban J connectivity index is 2.26. The molecule has 102 valence electrons. The van der Waals surface area contributed by atoms with Gasteiger partial charge in [0, 0.05) is 5.56 Å². The van der Waals surface area contributed by atoms with Crippen molar-refractivity contribution in [2.75, 3.05) is 0 Å². The Labute approximate surface area is 115 Å². The highest BCUT2D eigenvalue weighted by atomic mass is 79.9. The van der Waals surface area contributed by atoms with Crippen molar-refractivity contribution in [3.63, 3.8) is 0 Å². The molecular formula is C12H9BrF3NO2. The van der Waals surface area contributed by atoms with Gasteiger partial charge >= 0.3 is 6.36 Å². The molecular weight excluding hydrogens is 327 g/mol. The van der Waals surface area contributed by atoms with Crippen LogP contribution in [0.2, 0.25) is 0 Å². The van der Waals surface area contributed by atoms with Crippen LogP contribution in [-0.4, -0.2) is 6.36 Å². The van der Waals surface area contributed by atoms with Crippen LogP contribution >= 0.6 is 15.9 Å². The fraction of sp³-hybridized carbons (Fsp3) is 0.167. The summed E-state index contributed by atoms with van der Waals surface area (Å²) in [5.74, 6) is -0.305. The minimum atomic E-state index is -4.72. The predicted molar refractivity (Wildman–Crippen MR) is 65.6 cm³/mol. The molecule has 2 rings (SSSR count). The predicted octanol–water partition coefficient (Wildman–Crippen LogP) is 3.99. The van der Waals surface area contributed by atoms with Gasteiger partial charge in [0.05, 0.1) is 12.3 Å². The van der Waals surface area contributed by atoms with Gasteiger partial charge in [0.25, 0.3) is 0 Å². The number of hydrogen-bond donors (Lipinski definition) is 1. The lowest BCUT2D eigenvalue weighted by Gasteiger charge is -2.13. The van der Waals surface area contributed by atoms with E-state index in [4.69, 9.17) is 10.2 Å². The molecule has 0 bridgehead atoms. The number of alkyl halides is 3. The van der Waals surface area contributed by atoms with E-state index in [-0.39, 0.29) is 5.75 Å². The second-order valence-corrected chi connectivity index (χ2v) is 4.47. The van der Waals surface area contributed by atoms with Gasteiger partial charge in [-0.3, -0.25) is 0 Å². The molecule has 0 aliphatic heterocycles. The van der Waals surface area contributed by atoms with Gasteiger partial charge in [-0.25, -0.2) is 0 Å². The summed E-state index contributed by atoms with van der Waals surface area (Å²) in [7, 11) is 0. The van der Waals surface area contributed by atoms with E-state index < -0.39 is 12.4 Å². The van der Waals surface area contributed by atoms with Crippen molar-refractivity contribution in [3.05, 3.63) is 52.4 Å². The van der Waals surface area contributed by atoms with E-state index in [1.165, 1.54) is 24.5 Å². The molecule has 2 aromatic rings. The van der Waals surface area contributed by atoms with E-state index >= 15 is 0 Å². The number of benzene rings is 1. The van der Waals surface area contributed by atoms with Gasteiger partial charge in [0.2, 0.25) is 0 Å². The van der Waals surface area contributed by atoms with Gasteiger partial charge in [0.15, 0.2) is 4.67 Å². The van der Waals surface area contributed by atoms with Crippen LogP contribution in [0.1, 0.15) is 17.2 Å². The lowest BCUT2D eigenvalue weighted by Crippen LogP contribution is -2.18. The third kappa shape index (κ3) is 3.51. The van der Waals surface area contributed by atoms with Gasteiger partial charge < -0.3 is 14.9 Å². The average Bonchev–Trinajstić information content (AvgIpc) is 2.72. The molecule has 0 fully saturated rings. The molecule has 2 N–H and O–H groups in total. The Hall–Kier alpha value is -1.47. The first-order chi connectivity index (χ1) is 8.87. The maximum atomic E-state index is 12.1. The minimum absolute atomic E-state index is 0.305. The second-order valence-electron chi connectivity index (χ2n) is 3.75. The lowest BCUT2D eigenvalue weighted by molar-refractivity contribution is -0.274. The van der Waals surface area contributed by atoms with Crippen molar-refractivity contribution in [1.29, 1.82) is 0 Å².